The maximum absolute atomic E-state index is 12.7. The fourth-order valence-corrected chi connectivity index (χ4v) is 3.44. The topological polar surface area (TPSA) is 61.9 Å². The Hall–Kier alpha value is -3.00. The summed E-state index contributed by atoms with van der Waals surface area (Å²) < 4.78 is 29.1. The van der Waals surface area contributed by atoms with Crippen molar-refractivity contribution in [3.8, 4) is 5.75 Å². The minimum absolute atomic E-state index is 0.0430. The van der Waals surface area contributed by atoms with Crippen molar-refractivity contribution in [2.75, 3.05) is 38.0 Å². The monoisotopic (exact) mass is 417 g/mol. The van der Waals surface area contributed by atoms with Gasteiger partial charge in [0.05, 0.1) is 6.54 Å². The van der Waals surface area contributed by atoms with Crippen LogP contribution in [-0.2, 0) is 11.2 Å². The molecule has 0 atom stereocenters. The molecular weight excluding hydrogens is 392 g/mol. The molecule has 0 unspecified atom stereocenters. The maximum Gasteiger partial charge on any atom is 0.387 e. The standard InChI is InChI=1S/C22H25F2N3O3/c1-2-16-6-3-4-9-19(16)25-20(28)15-26-10-12-27(13-11-26)21(29)17-7-5-8-18(14-17)30-22(23)24/h3-9,14,22H,2,10-13,15H2,1H3,(H,25,28). The number of hydrogen-bond acceptors (Lipinski definition) is 4. The summed E-state index contributed by atoms with van der Waals surface area (Å²) in [5.41, 5.74) is 2.21. The lowest BCUT2D eigenvalue weighted by atomic mass is 10.1. The van der Waals surface area contributed by atoms with E-state index in [0.717, 1.165) is 17.7 Å². The molecule has 0 spiro atoms. The van der Waals surface area contributed by atoms with Gasteiger partial charge in [-0.25, -0.2) is 0 Å². The number of benzene rings is 2. The Labute approximate surface area is 174 Å². The van der Waals surface area contributed by atoms with Crippen LogP contribution in [0.5, 0.6) is 5.75 Å². The minimum Gasteiger partial charge on any atom is -0.435 e. The molecule has 30 heavy (non-hydrogen) atoms. The van der Waals surface area contributed by atoms with Crippen molar-refractivity contribution >= 4 is 17.5 Å². The van der Waals surface area contributed by atoms with Gasteiger partial charge < -0.3 is 15.0 Å². The molecule has 1 heterocycles. The lowest BCUT2D eigenvalue weighted by molar-refractivity contribution is -0.117. The number of aryl methyl sites for hydroxylation is 1. The molecule has 0 saturated carbocycles. The Balaban J connectivity index is 1.51. The Morgan fingerprint density at radius 2 is 1.80 bits per heavy atom. The number of rotatable bonds is 7. The van der Waals surface area contributed by atoms with E-state index in [9.17, 15) is 18.4 Å². The molecule has 3 rings (SSSR count). The normalized spacial score (nSPS) is 14.6. The summed E-state index contributed by atoms with van der Waals surface area (Å²) in [5.74, 6) is -0.373. The van der Waals surface area contributed by atoms with Crippen molar-refractivity contribution in [1.82, 2.24) is 9.80 Å². The number of ether oxygens (including phenoxy) is 1. The number of para-hydroxylation sites is 1. The third-order valence-corrected chi connectivity index (χ3v) is 5.01. The number of nitrogens with one attached hydrogen (secondary N) is 1. The zero-order valence-corrected chi connectivity index (χ0v) is 16.8. The molecule has 1 saturated heterocycles. The van der Waals surface area contributed by atoms with Gasteiger partial charge in [0.25, 0.3) is 5.91 Å². The van der Waals surface area contributed by atoms with Crippen molar-refractivity contribution in [3.63, 3.8) is 0 Å². The summed E-state index contributed by atoms with van der Waals surface area (Å²) in [6, 6.07) is 13.5. The summed E-state index contributed by atoms with van der Waals surface area (Å²) in [4.78, 5) is 28.7. The molecule has 2 aromatic rings. The van der Waals surface area contributed by atoms with E-state index in [4.69, 9.17) is 0 Å². The Morgan fingerprint density at radius 1 is 1.07 bits per heavy atom. The highest BCUT2D eigenvalue weighted by Gasteiger charge is 2.24. The summed E-state index contributed by atoms with van der Waals surface area (Å²) in [7, 11) is 0. The lowest BCUT2D eigenvalue weighted by Gasteiger charge is -2.34. The number of carbonyl (C=O) groups excluding carboxylic acids is 2. The zero-order chi connectivity index (χ0) is 21.5. The van der Waals surface area contributed by atoms with Crippen LogP contribution >= 0.6 is 0 Å². The minimum atomic E-state index is -2.94. The van der Waals surface area contributed by atoms with E-state index in [2.05, 4.69) is 10.1 Å². The third-order valence-electron chi connectivity index (χ3n) is 5.01. The fraction of sp³-hybridized carbons (Fsp3) is 0.364. The Bertz CT molecular complexity index is 883. The highest BCUT2D eigenvalue weighted by Crippen LogP contribution is 2.18. The molecule has 1 aliphatic heterocycles. The summed E-state index contributed by atoms with van der Waals surface area (Å²) in [5, 5.41) is 2.95. The van der Waals surface area contributed by atoms with Gasteiger partial charge >= 0.3 is 6.61 Å². The number of nitrogens with zero attached hydrogens (tertiary/aromatic N) is 2. The summed E-state index contributed by atoms with van der Waals surface area (Å²) in [6.07, 6.45) is 0.834. The highest BCUT2D eigenvalue weighted by molar-refractivity contribution is 5.95. The highest BCUT2D eigenvalue weighted by atomic mass is 19.3. The van der Waals surface area contributed by atoms with E-state index >= 15 is 0 Å². The fourth-order valence-electron chi connectivity index (χ4n) is 3.44. The zero-order valence-electron chi connectivity index (χ0n) is 16.8. The first-order chi connectivity index (χ1) is 14.5. The molecule has 0 bridgehead atoms. The number of halogens is 2. The van der Waals surface area contributed by atoms with Crippen LogP contribution in [0.4, 0.5) is 14.5 Å². The van der Waals surface area contributed by atoms with Crippen molar-refractivity contribution < 1.29 is 23.1 Å². The molecule has 2 amide bonds. The summed E-state index contributed by atoms with van der Waals surface area (Å²) in [6.45, 7) is 1.38. The van der Waals surface area contributed by atoms with Crippen molar-refractivity contribution in [1.29, 1.82) is 0 Å². The molecule has 1 N–H and O–H groups in total. The number of amides is 2. The predicted molar refractivity (Wildman–Crippen MR) is 110 cm³/mol. The quantitative estimate of drug-likeness (QED) is 0.751. The van der Waals surface area contributed by atoms with Crippen molar-refractivity contribution in [3.05, 3.63) is 59.7 Å². The van der Waals surface area contributed by atoms with Gasteiger partial charge in [0.15, 0.2) is 0 Å². The third kappa shape index (κ3) is 5.76. The maximum atomic E-state index is 12.7. The van der Waals surface area contributed by atoms with Crippen LogP contribution in [-0.4, -0.2) is 60.9 Å². The van der Waals surface area contributed by atoms with E-state index in [-0.39, 0.29) is 24.1 Å². The van der Waals surface area contributed by atoms with Gasteiger partial charge in [-0.05, 0) is 36.2 Å². The molecular formula is C22H25F2N3O3. The van der Waals surface area contributed by atoms with Gasteiger partial charge in [0.2, 0.25) is 5.91 Å². The van der Waals surface area contributed by atoms with Crippen molar-refractivity contribution in [2.24, 2.45) is 0 Å². The first kappa shape index (κ1) is 21.7. The Kier molecular flexibility index (Phi) is 7.35. The van der Waals surface area contributed by atoms with Gasteiger partial charge in [-0.2, -0.15) is 8.78 Å². The molecule has 6 nitrogen and oxygen atoms in total. The van der Waals surface area contributed by atoms with Crippen molar-refractivity contribution in [2.45, 2.75) is 20.0 Å². The first-order valence-electron chi connectivity index (χ1n) is 9.90. The van der Waals surface area contributed by atoms with Crippen LogP contribution in [0, 0.1) is 0 Å². The van der Waals surface area contributed by atoms with Gasteiger partial charge in [-0.1, -0.05) is 31.2 Å². The van der Waals surface area contributed by atoms with Crippen LogP contribution in [0.25, 0.3) is 0 Å². The number of piperazine rings is 1. The van der Waals surface area contributed by atoms with Gasteiger partial charge in [-0.3, -0.25) is 14.5 Å². The van der Waals surface area contributed by atoms with E-state index in [0.29, 0.717) is 31.7 Å². The molecule has 160 valence electrons. The van der Waals surface area contributed by atoms with Crippen LogP contribution in [0.2, 0.25) is 0 Å². The largest absolute Gasteiger partial charge is 0.435 e. The second kappa shape index (κ2) is 10.2. The number of hydrogen-bond donors (Lipinski definition) is 1. The summed E-state index contributed by atoms with van der Waals surface area (Å²) >= 11 is 0. The second-order valence-corrected chi connectivity index (χ2v) is 7.03. The SMILES string of the molecule is CCc1ccccc1NC(=O)CN1CCN(C(=O)c2cccc(OC(F)F)c2)CC1. The Morgan fingerprint density at radius 3 is 2.50 bits per heavy atom. The molecule has 1 aliphatic rings. The molecule has 0 aromatic heterocycles. The van der Waals surface area contributed by atoms with Crippen LogP contribution in [0.1, 0.15) is 22.8 Å². The molecule has 8 heteroatoms. The van der Waals surface area contributed by atoms with E-state index in [1.165, 1.54) is 18.2 Å². The lowest BCUT2D eigenvalue weighted by Crippen LogP contribution is -2.50. The van der Waals surface area contributed by atoms with Gasteiger partial charge in [0, 0.05) is 37.4 Å². The predicted octanol–water partition coefficient (Wildman–Crippen LogP) is 3.25. The van der Waals surface area contributed by atoms with Crippen LogP contribution < -0.4 is 10.1 Å². The average Bonchev–Trinajstić information content (AvgIpc) is 2.74. The molecule has 1 fully saturated rings. The van der Waals surface area contributed by atoms with Crippen LogP contribution in [0.15, 0.2) is 48.5 Å². The van der Waals surface area contributed by atoms with E-state index in [1.807, 2.05) is 36.1 Å². The average molecular weight is 417 g/mol. The van der Waals surface area contributed by atoms with E-state index < -0.39 is 6.61 Å². The number of anilines is 1. The van der Waals surface area contributed by atoms with E-state index in [1.54, 1.807) is 11.0 Å². The first-order valence-corrected chi connectivity index (χ1v) is 9.90. The van der Waals surface area contributed by atoms with Gasteiger partial charge in [0.1, 0.15) is 5.75 Å². The van der Waals surface area contributed by atoms with Crippen LogP contribution in [0.3, 0.4) is 0 Å². The molecule has 0 radical (unpaired) electrons. The second-order valence-electron chi connectivity index (χ2n) is 7.03. The number of alkyl halides is 2. The van der Waals surface area contributed by atoms with Gasteiger partial charge in [-0.15, -0.1) is 0 Å². The molecule has 2 aromatic carbocycles. The molecule has 0 aliphatic carbocycles. The smallest absolute Gasteiger partial charge is 0.387 e. The number of carbonyl (C=O) groups is 2.